The van der Waals surface area contributed by atoms with Gasteiger partial charge in [-0.1, -0.05) is 12.1 Å². The summed E-state index contributed by atoms with van der Waals surface area (Å²) >= 11 is 0. The topological polar surface area (TPSA) is 64.7 Å². The number of carbonyl (C=O) groups excluding carboxylic acids is 1. The second kappa shape index (κ2) is 7.12. The van der Waals surface area contributed by atoms with Crippen LogP contribution in [0.3, 0.4) is 0 Å². The van der Waals surface area contributed by atoms with Gasteiger partial charge in [0.1, 0.15) is 0 Å². The van der Waals surface area contributed by atoms with Crippen molar-refractivity contribution in [3.63, 3.8) is 0 Å². The Kier molecular flexibility index (Phi) is 4.74. The molecule has 0 saturated carbocycles. The largest absolute Gasteiger partial charge is 0.350 e. The Morgan fingerprint density at radius 2 is 2.17 bits per heavy atom. The van der Waals surface area contributed by atoms with Crippen molar-refractivity contribution in [3.05, 3.63) is 66.2 Å². The summed E-state index contributed by atoms with van der Waals surface area (Å²) in [6.07, 6.45) is 7.78. The van der Waals surface area contributed by atoms with Crippen molar-refractivity contribution in [1.82, 2.24) is 24.9 Å². The zero-order valence-electron chi connectivity index (χ0n) is 13.9. The molecule has 0 fully saturated rings. The van der Waals surface area contributed by atoms with E-state index in [1.807, 2.05) is 56.6 Å². The van der Waals surface area contributed by atoms with E-state index in [-0.39, 0.29) is 11.9 Å². The van der Waals surface area contributed by atoms with Crippen LogP contribution in [0, 0.1) is 6.92 Å². The van der Waals surface area contributed by atoms with Crippen LogP contribution in [-0.2, 0) is 11.3 Å². The van der Waals surface area contributed by atoms with E-state index >= 15 is 0 Å². The van der Waals surface area contributed by atoms with Crippen LogP contribution in [0.1, 0.15) is 30.5 Å². The van der Waals surface area contributed by atoms with Gasteiger partial charge in [-0.2, -0.15) is 10.2 Å². The van der Waals surface area contributed by atoms with Crippen LogP contribution in [0.4, 0.5) is 0 Å². The standard InChI is InChI=1S/C18H21N5O/c1-14-12-20-22(13-14)10-7-18(24)21-15(2)16-5-3-6-17(11-16)23-9-4-8-19-23/h3-6,8-9,11-13,15H,7,10H2,1-2H3,(H,21,24). The number of benzene rings is 1. The molecule has 6 nitrogen and oxygen atoms in total. The highest BCUT2D eigenvalue weighted by Gasteiger charge is 2.11. The van der Waals surface area contributed by atoms with Gasteiger partial charge in [0.15, 0.2) is 0 Å². The zero-order valence-corrected chi connectivity index (χ0v) is 13.9. The number of nitrogens with one attached hydrogen (secondary N) is 1. The first-order valence-corrected chi connectivity index (χ1v) is 8.00. The highest BCUT2D eigenvalue weighted by molar-refractivity contribution is 5.76. The molecule has 0 radical (unpaired) electrons. The van der Waals surface area contributed by atoms with E-state index in [2.05, 4.69) is 15.5 Å². The van der Waals surface area contributed by atoms with E-state index in [1.165, 1.54) is 0 Å². The molecular formula is C18H21N5O. The third-order valence-electron chi connectivity index (χ3n) is 3.85. The smallest absolute Gasteiger partial charge is 0.222 e. The van der Waals surface area contributed by atoms with Crippen LogP contribution >= 0.6 is 0 Å². The predicted octanol–water partition coefficient (Wildman–Crippen LogP) is 2.64. The van der Waals surface area contributed by atoms with Gasteiger partial charge in [-0.3, -0.25) is 9.48 Å². The number of carbonyl (C=O) groups is 1. The lowest BCUT2D eigenvalue weighted by atomic mass is 10.1. The van der Waals surface area contributed by atoms with Crippen LogP contribution in [0.15, 0.2) is 55.1 Å². The van der Waals surface area contributed by atoms with E-state index in [0.29, 0.717) is 13.0 Å². The number of aryl methyl sites for hydroxylation is 2. The third-order valence-corrected chi connectivity index (χ3v) is 3.85. The zero-order chi connectivity index (χ0) is 16.9. The van der Waals surface area contributed by atoms with Crippen molar-refractivity contribution in [1.29, 1.82) is 0 Å². The fourth-order valence-electron chi connectivity index (χ4n) is 2.56. The molecule has 1 N–H and O–H groups in total. The molecule has 3 rings (SSSR count). The molecule has 24 heavy (non-hydrogen) atoms. The molecule has 0 aliphatic carbocycles. The molecule has 124 valence electrons. The van der Waals surface area contributed by atoms with E-state index in [1.54, 1.807) is 21.8 Å². The Morgan fingerprint density at radius 3 is 2.88 bits per heavy atom. The summed E-state index contributed by atoms with van der Waals surface area (Å²) in [5.74, 6) is 0.0140. The first kappa shape index (κ1) is 16.0. The maximum atomic E-state index is 12.2. The Morgan fingerprint density at radius 1 is 1.29 bits per heavy atom. The number of aromatic nitrogens is 4. The molecule has 2 aromatic heterocycles. The van der Waals surface area contributed by atoms with Crippen molar-refractivity contribution < 1.29 is 4.79 Å². The Bertz CT molecular complexity index is 806. The molecule has 1 amide bonds. The summed E-state index contributed by atoms with van der Waals surface area (Å²) in [4.78, 5) is 12.2. The summed E-state index contributed by atoms with van der Waals surface area (Å²) < 4.78 is 3.59. The van der Waals surface area contributed by atoms with Gasteiger partial charge < -0.3 is 5.32 Å². The lowest BCUT2D eigenvalue weighted by Crippen LogP contribution is -2.27. The maximum absolute atomic E-state index is 12.2. The second-order valence-electron chi connectivity index (χ2n) is 5.87. The van der Waals surface area contributed by atoms with Crippen LogP contribution in [0.2, 0.25) is 0 Å². The van der Waals surface area contributed by atoms with Gasteiger partial charge in [0.05, 0.1) is 17.9 Å². The quantitative estimate of drug-likeness (QED) is 0.758. The molecule has 3 aromatic rings. The lowest BCUT2D eigenvalue weighted by molar-refractivity contribution is -0.122. The molecule has 1 aromatic carbocycles. The minimum absolute atomic E-state index is 0.0140. The van der Waals surface area contributed by atoms with E-state index in [4.69, 9.17) is 0 Å². The summed E-state index contributed by atoms with van der Waals surface area (Å²) in [5, 5.41) is 11.5. The monoisotopic (exact) mass is 323 g/mol. The average molecular weight is 323 g/mol. The summed E-state index contributed by atoms with van der Waals surface area (Å²) in [5.41, 5.74) is 3.12. The fourth-order valence-corrected chi connectivity index (χ4v) is 2.56. The van der Waals surface area contributed by atoms with Crippen LogP contribution in [-0.4, -0.2) is 25.5 Å². The molecular weight excluding hydrogens is 302 g/mol. The van der Waals surface area contributed by atoms with Gasteiger partial charge in [0, 0.05) is 31.6 Å². The molecule has 6 heteroatoms. The lowest BCUT2D eigenvalue weighted by Gasteiger charge is -2.15. The van der Waals surface area contributed by atoms with Crippen molar-refractivity contribution in [2.45, 2.75) is 32.9 Å². The molecule has 2 heterocycles. The van der Waals surface area contributed by atoms with Crippen LogP contribution in [0.25, 0.3) is 5.69 Å². The number of hydrogen-bond acceptors (Lipinski definition) is 3. The van der Waals surface area contributed by atoms with Gasteiger partial charge in [0.2, 0.25) is 5.91 Å². The third kappa shape index (κ3) is 3.90. The first-order chi connectivity index (χ1) is 11.6. The van der Waals surface area contributed by atoms with Gasteiger partial charge in [-0.05, 0) is 43.2 Å². The van der Waals surface area contributed by atoms with Crippen molar-refractivity contribution in [2.24, 2.45) is 0 Å². The van der Waals surface area contributed by atoms with Crippen molar-refractivity contribution in [3.8, 4) is 5.69 Å². The summed E-state index contributed by atoms with van der Waals surface area (Å²) in [6.45, 7) is 4.55. The Hall–Kier alpha value is -2.89. The van der Waals surface area contributed by atoms with Gasteiger partial charge in [-0.25, -0.2) is 4.68 Å². The Labute approximate surface area is 141 Å². The molecule has 1 unspecified atom stereocenters. The van der Waals surface area contributed by atoms with Gasteiger partial charge in [0.25, 0.3) is 0 Å². The minimum atomic E-state index is -0.0626. The maximum Gasteiger partial charge on any atom is 0.222 e. The number of amides is 1. The number of nitrogens with zero attached hydrogens (tertiary/aromatic N) is 4. The predicted molar refractivity (Wildman–Crippen MR) is 91.7 cm³/mol. The summed E-state index contributed by atoms with van der Waals surface area (Å²) in [6, 6.07) is 9.83. The Balaban J connectivity index is 1.59. The molecule has 0 saturated heterocycles. The highest BCUT2D eigenvalue weighted by Crippen LogP contribution is 2.16. The van der Waals surface area contributed by atoms with E-state index in [9.17, 15) is 4.79 Å². The number of hydrogen-bond donors (Lipinski definition) is 1. The molecule has 0 bridgehead atoms. The fraction of sp³-hybridized carbons (Fsp3) is 0.278. The normalized spacial score (nSPS) is 12.1. The average Bonchev–Trinajstić information content (AvgIpc) is 3.24. The molecule has 0 aliphatic heterocycles. The van der Waals surface area contributed by atoms with Crippen molar-refractivity contribution >= 4 is 5.91 Å². The SMILES string of the molecule is Cc1cnn(CCC(=O)NC(C)c2cccc(-n3cccn3)c2)c1. The highest BCUT2D eigenvalue weighted by atomic mass is 16.1. The van der Waals surface area contributed by atoms with E-state index in [0.717, 1.165) is 16.8 Å². The van der Waals surface area contributed by atoms with Crippen LogP contribution in [0.5, 0.6) is 0 Å². The van der Waals surface area contributed by atoms with Crippen LogP contribution < -0.4 is 5.32 Å². The van der Waals surface area contributed by atoms with Gasteiger partial charge in [-0.15, -0.1) is 0 Å². The molecule has 0 aliphatic rings. The number of rotatable bonds is 6. The van der Waals surface area contributed by atoms with E-state index < -0.39 is 0 Å². The van der Waals surface area contributed by atoms with Crippen molar-refractivity contribution in [2.75, 3.05) is 0 Å². The first-order valence-electron chi connectivity index (χ1n) is 8.00. The summed E-state index contributed by atoms with van der Waals surface area (Å²) in [7, 11) is 0. The van der Waals surface area contributed by atoms with Gasteiger partial charge >= 0.3 is 0 Å². The molecule has 1 atom stereocenters. The second-order valence-corrected chi connectivity index (χ2v) is 5.87. The molecule has 0 spiro atoms. The minimum Gasteiger partial charge on any atom is -0.350 e.